The maximum absolute atomic E-state index is 11.6. The van der Waals surface area contributed by atoms with E-state index in [1.54, 1.807) is 0 Å². The van der Waals surface area contributed by atoms with Gasteiger partial charge in [-0.05, 0) is 64.1 Å². The highest BCUT2D eigenvalue weighted by Gasteiger charge is 2.36. The van der Waals surface area contributed by atoms with E-state index in [1.807, 2.05) is 17.6 Å². The van der Waals surface area contributed by atoms with Crippen molar-refractivity contribution < 1.29 is 4.79 Å². The summed E-state index contributed by atoms with van der Waals surface area (Å²) >= 11 is 0. The van der Waals surface area contributed by atoms with Gasteiger partial charge in [0.15, 0.2) is 5.65 Å². The third-order valence-electron chi connectivity index (χ3n) is 6.02. The fraction of sp³-hybridized carbons (Fsp3) is 0.632. The average molecular weight is 341 g/mol. The van der Waals surface area contributed by atoms with Gasteiger partial charge in [0.25, 0.3) is 0 Å². The Morgan fingerprint density at radius 3 is 2.80 bits per heavy atom. The summed E-state index contributed by atoms with van der Waals surface area (Å²) in [6.07, 6.45) is 7.20. The number of carbonyl (C=O) groups excluding carboxylic acids is 1. The number of carbonyl (C=O) groups is 1. The minimum atomic E-state index is 0.225. The van der Waals surface area contributed by atoms with Crippen molar-refractivity contribution in [2.24, 2.45) is 5.41 Å². The molecule has 1 N–H and O–H groups in total. The third kappa shape index (κ3) is 3.27. The fourth-order valence-corrected chi connectivity index (χ4v) is 4.41. The van der Waals surface area contributed by atoms with E-state index in [2.05, 4.69) is 28.3 Å². The molecule has 4 rings (SSSR count). The van der Waals surface area contributed by atoms with Crippen molar-refractivity contribution in [3.8, 4) is 0 Å². The van der Waals surface area contributed by atoms with Crippen molar-refractivity contribution in [1.29, 1.82) is 0 Å². The van der Waals surface area contributed by atoms with Crippen LogP contribution in [0.25, 0.3) is 5.65 Å². The van der Waals surface area contributed by atoms with Crippen LogP contribution in [0.4, 0.5) is 0 Å². The second kappa shape index (κ2) is 6.41. The fourth-order valence-electron chi connectivity index (χ4n) is 4.41. The van der Waals surface area contributed by atoms with E-state index >= 15 is 0 Å². The van der Waals surface area contributed by atoms with Crippen molar-refractivity contribution in [1.82, 2.24) is 24.8 Å². The summed E-state index contributed by atoms with van der Waals surface area (Å²) in [4.78, 5) is 18.8. The van der Waals surface area contributed by atoms with Crippen LogP contribution in [0.5, 0.6) is 0 Å². The van der Waals surface area contributed by atoms with E-state index in [-0.39, 0.29) is 5.91 Å². The second-order valence-corrected chi connectivity index (χ2v) is 7.82. The smallest absolute Gasteiger partial charge is 0.220 e. The van der Waals surface area contributed by atoms with Gasteiger partial charge in [-0.1, -0.05) is 0 Å². The molecule has 0 radical (unpaired) electrons. The Labute approximate surface area is 148 Å². The summed E-state index contributed by atoms with van der Waals surface area (Å²) in [5.41, 5.74) is 4.73. The Morgan fingerprint density at radius 2 is 2.00 bits per heavy atom. The Morgan fingerprint density at radius 1 is 1.20 bits per heavy atom. The van der Waals surface area contributed by atoms with E-state index in [4.69, 9.17) is 4.98 Å². The molecule has 1 amide bonds. The molecule has 2 aromatic heterocycles. The molecule has 2 saturated heterocycles. The first-order valence-electron chi connectivity index (χ1n) is 9.35. The van der Waals surface area contributed by atoms with Crippen LogP contribution in [0.1, 0.15) is 49.1 Å². The lowest BCUT2D eigenvalue weighted by molar-refractivity contribution is -0.121. The molecular formula is C19H27N5O. The standard InChI is InChI=1S/C19H27N5O/c1-14-11-15(2)24-18(22-14)16(12-21-24)13-23-9-6-19(7-10-23)4-3-17(25)20-8-5-19/h11-12H,3-10,13H2,1-2H3,(H,20,25). The molecule has 0 atom stereocenters. The monoisotopic (exact) mass is 341 g/mol. The maximum Gasteiger partial charge on any atom is 0.220 e. The number of rotatable bonds is 2. The number of aryl methyl sites for hydroxylation is 2. The number of fused-ring (bicyclic) bond motifs is 1. The molecule has 2 fully saturated rings. The van der Waals surface area contributed by atoms with Crippen LogP contribution in [0.2, 0.25) is 0 Å². The van der Waals surface area contributed by atoms with Crippen molar-refractivity contribution in [3.05, 3.63) is 29.2 Å². The molecule has 0 aromatic carbocycles. The molecule has 6 heteroatoms. The lowest BCUT2D eigenvalue weighted by Gasteiger charge is -2.41. The van der Waals surface area contributed by atoms with E-state index < -0.39 is 0 Å². The number of nitrogens with zero attached hydrogens (tertiary/aromatic N) is 4. The first kappa shape index (κ1) is 16.5. The highest BCUT2D eigenvalue weighted by Crippen LogP contribution is 2.40. The van der Waals surface area contributed by atoms with Gasteiger partial charge in [0.2, 0.25) is 5.91 Å². The molecule has 2 aromatic rings. The van der Waals surface area contributed by atoms with Crippen molar-refractivity contribution in [2.75, 3.05) is 19.6 Å². The Balaban J connectivity index is 1.45. The topological polar surface area (TPSA) is 62.5 Å². The molecule has 2 aliphatic rings. The minimum Gasteiger partial charge on any atom is -0.356 e. The van der Waals surface area contributed by atoms with Gasteiger partial charge in [-0.2, -0.15) is 5.10 Å². The molecule has 6 nitrogen and oxygen atoms in total. The van der Waals surface area contributed by atoms with Gasteiger partial charge in [0.05, 0.1) is 6.20 Å². The first-order chi connectivity index (χ1) is 12.0. The number of aromatic nitrogens is 3. The summed E-state index contributed by atoms with van der Waals surface area (Å²) in [6.45, 7) is 8.05. The summed E-state index contributed by atoms with van der Waals surface area (Å²) in [5, 5.41) is 7.53. The summed E-state index contributed by atoms with van der Waals surface area (Å²) < 4.78 is 1.94. The average Bonchev–Trinajstić information content (AvgIpc) is 2.89. The van der Waals surface area contributed by atoms with Crippen LogP contribution in [-0.4, -0.2) is 45.0 Å². The van der Waals surface area contributed by atoms with Gasteiger partial charge in [0.1, 0.15) is 0 Å². The lowest BCUT2D eigenvalue weighted by Crippen LogP contribution is -2.40. The van der Waals surface area contributed by atoms with E-state index in [0.29, 0.717) is 11.8 Å². The number of hydrogen-bond donors (Lipinski definition) is 1. The highest BCUT2D eigenvalue weighted by molar-refractivity contribution is 5.76. The van der Waals surface area contributed by atoms with E-state index in [9.17, 15) is 4.79 Å². The molecule has 134 valence electrons. The summed E-state index contributed by atoms with van der Waals surface area (Å²) in [5.74, 6) is 0.225. The van der Waals surface area contributed by atoms with Gasteiger partial charge in [-0.15, -0.1) is 0 Å². The maximum atomic E-state index is 11.6. The first-order valence-corrected chi connectivity index (χ1v) is 9.35. The van der Waals surface area contributed by atoms with Crippen LogP contribution in [0, 0.1) is 19.3 Å². The zero-order valence-corrected chi connectivity index (χ0v) is 15.2. The zero-order valence-electron chi connectivity index (χ0n) is 15.2. The zero-order chi connectivity index (χ0) is 17.4. The molecule has 0 saturated carbocycles. The predicted molar refractivity (Wildman–Crippen MR) is 96.3 cm³/mol. The van der Waals surface area contributed by atoms with E-state index in [1.165, 1.54) is 18.4 Å². The van der Waals surface area contributed by atoms with Crippen LogP contribution in [0.3, 0.4) is 0 Å². The van der Waals surface area contributed by atoms with Gasteiger partial charge in [0, 0.05) is 36.5 Å². The Hall–Kier alpha value is -1.95. The Bertz CT molecular complexity index is 788. The van der Waals surface area contributed by atoms with Crippen molar-refractivity contribution in [3.63, 3.8) is 0 Å². The summed E-state index contributed by atoms with van der Waals surface area (Å²) in [7, 11) is 0. The second-order valence-electron chi connectivity index (χ2n) is 7.82. The van der Waals surface area contributed by atoms with E-state index in [0.717, 1.165) is 56.1 Å². The third-order valence-corrected chi connectivity index (χ3v) is 6.02. The molecule has 2 aliphatic heterocycles. The van der Waals surface area contributed by atoms with Crippen molar-refractivity contribution in [2.45, 2.75) is 52.5 Å². The lowest BCUT2D eigenvalue weighted by atomic mass is 9.73. The van der Waals surface area contributed by atoms with Gasteiger partial charge < -0.3 is 5.32 Å². The van der Waals surface area contributed by atoms with Crippen molar-refractivity contribution >= 4 is 11.6 Å². The predicted octanol–water partition coefficient (Wildman–Crippen LogP) is 2.23. The van der Waals surface area contributed by atoms with Gasteiger partial charge >= 0.3 is 0 Å². The minimum absolute atomic E-state index is 0.225. The molecule has 0 unspecified atom stereocenters. The van der Waals surface area contributed by atoms with Gasteiger partial charge in [-0.3, -0.25) is 9.69 Å². The number of likely N-dealkylation sites (tertiary alicyclic amines) is 1. The normalized spacial score (nSPS) is 21.4. The molecule has 0 aliphatic carbocycles. The van der Waals surface area contributed by atoms with Crippen LogP contribution in [0.15, 0.2) is 12.3 Å². The number of piperidine rings is 1. The number of nitrogens with one attached hydrogen (secondary N) is 1. The molecule has 0 bridgehead atoms. The Kier molecular flexibility index (Phi) is 4.23. The largest absolute Gasteiger partial charge is 0.356 e. The molecular weight excluding hydrogens is 314 g/mol. The van der Waals surface area contributed by atoms with Crippen LogP contribution in [-0.2, 0) is 11.3 Å². The quantitative estimate of drug-likeness (QED) is 0.910. The SMILES string of the molecule is Cc1cc(C)n2ncc(CN3CCC4(CCNC(=O)CC4)CC3)c2n1. The molecule has 4 heterocycles. The van der Waals surface area contributed by atoms with Gasteiger partial charge in [-0.25, -0.2) is 9.50 Å². The molecule has 1 spiro atoms. The molecule has 25 heavy (non-hydrogen) atoms. The highest BCUT2D eigenvalue weighted by atomic mass is 16.1. The summed E-state index contributed by atoms with van der Waals surface area (Å²) in [6, 6.07) is 2.07. The van der Waals surface area contributed by atoms with Crippen LogP contribution >= 0.6 is 0 Å². The number of hydrogen-bond acceptors (Lipinski definition) is 4. The number of amides is 1. The van der Waals surface area contributed by atoms with Crippen LogP contribution < -0.4 is 5.32 Å².